The summed E-state index contributed by atoms with van der Waals surface area (Å²) in [4.78, 5) is 52.7. The minimum atomic E-state index is -0.626. The zero-order chi connectivity index (χ0) is 24.0. The van der Waals surface area contributed by atoms with Gasteiger partial charge in [-0.1, -0.05) is 0 Å². The standard InChI is InChI=1S/C23H29N3O7/c1-3-33-22(30)16-5-4-10-25(13-16)20(28)15-6-8-17(9-7-15)24-19-18(23(31)32-2)14-26(11-12-27)21(19)29/h6-9,16,24,27H,3-5,10-14H2,1-2H3. The first-order valence-corrected chi connectivity index (χ1v) is 10.9. The molecule has 0 aromatic heterocycles. The lowest BCUT2D eigenvalue weighted by Gasteiger charge is -2.31. The number of anilines is 1. The molecule has 3 rings (SSSR count). The molecule has 0 aliphatic carbocycles. The second kappa shape index (κ2) is 11.0. The number of piperidine rings is 1. The zero-order valence-corrected chi connectivity index (χ0v) is 18.8. The maximum Gasteiger partial charge on any atom is 0.337 e. The zero-order valence-electron chi connectivity index (χ0n) is 18.8. The lowest BCUT2D eigenvalue weighted by Crippen LogP contribution is -2.42. The molecule has 2 aliphatic rings. The highest BCUT2D eigenvalue weighted by molar-refractivity contribution is 6.08. The molecule has 1 atom stereocenters. The molecule has 0 bridgehead atoms. The molecular weight excluding hydrogens is 430 g/mol. The molecule has 0 spiro atoms. The highest BCUT2D eigenvalue weighted by Crippen LogP contribution is 2.24. The van der Waals surface area contributed by atoms with Gasteiger partial charge >= 0.3 is 11.9 Å². The Morgan fingerprint density at radius 3 is 2.58 bits per heavy atom. The van der Waals surface area contributed by atoms with Crippen molar-refractivity contribution < 1.29 is 33.8 Å². The van der Waals surface area contributed by atoms with Gasteiger partial charge in [0.25, 0.3) is 11.8 Å². The van der Waals surface area contributed by atoms with Crippen molar-refractivity contribution in [3.05, 3.63) is 41.1 Å². The highest BCUT2D eigenvalue weighted by atomic mass is 16.5. The minimum Gasteiger partial charge on any atom is -0.466 e. The third-order valence-corrected chi connectivity index (χ3v) is 5.68. The van der Waals surface area contributed by atoms with Gasteiger partial charge in [-0.25, -0.2) is 4.79 Å². The van der Waals surface area contributed by atoms with Crippen LogP contribution in [0.1, 0.15) is 30.1 Å². The number of nitrogens with zero attached hydrogens (tertiary/aromatic N) is 2. The van der Waals surface area contributed by atoms with Gasteiger partial charge in [0.2, 0.25) is 0 Å². The molecule has 0 radical (unpaired) electrons. The van der Waals surface area contributed by atoms with E-state index in [4.69, 9.17) is 14.6 Å². The van der Waals surface area contributed by atoms with E-state index in [1.54, 1.807) is 36.1 Å². The van der Waals surface area contributed by atoms with Crippen molar-refractivity contribution >= 4 is 29.4 Å². The summed E-state index contributed by atoms with van der Waals surface area (Å²) in [6.07, 6.45) is 1.43. The summed E-state index contributed by atoms with van der Waals surface area (Å²) in [6, 6.07) is 6.54. The number of ether oxygens (including phenoxy) is 2. The van der Waals surface area contributed by atoms with Crippen molar-refractivity contribution in [2.75, 3.05) is 51.8 Å². The maximum absolute atomic E-state index is 12.9. The first-order valence-electron chi connectivity index (χ1n) is 10.9. The Balaban J connectivity index is 1.70. The van der Waals surface area contributed by atoms with E-state index in [1.165, 1.54) is 12.0 Å². The van der Waals surface area contributed by atoms with E-state index < -0.39 is 11.9 Å². The number of esters is 2. The number of benzene rings is 1. The third kappa shape index (κ3) is 5.51. The maximum atomic E-state index is 12.9. The Hall–Kier alpha value is -3.40. The van der Waals surface area contributed by atoms with E-state index in [2.05, 4.69) is 5.32 Å². The highest BCUT2D eigenvalue weighted by Gasteiger charge is 2.34. The van der Waals surface area contributed by atoms with E-state index >= 15 is 0 Å². The first-order chi connectivity index (χ1) is 15.9. The third-order valence-electron chi connectivity index (χ3n) is 5.68. The van der Waals surface area contributed by atoms with Gasteiger partial charge in [0.15, 0.2) is 0 Å². The molecule has 2 heterocycles. The fourth-order valence-corrected chi connectivity index (χ4v) is 3.99. The van der Waals surface area contributed by atoms with Crippen LogP contribution in [0.5, 0.6) is 0 Å². The van der Waals surface area contributed by atoms with Gasteiger partial charge in [0.1, 0.15) is 5.70 Å². The van der Waals surface area contributed by atoms with Crippen LogP contribution in [0.25, 0.3) is 0 Å². The Morgan fingerprint density at radius 1 is 1.21 bits per heavy atom. The van der Waals surface area contributed by atoms with E-state index in [-0.39, 0.29) is 48.8 Å². The summed E-state index contributed by atoms with van der Waals surface area (Å²) in [5.41, 5.74) is 1.23. The fourth-order valence-electron chi connectivity index (χ4n) is 3.99. The van der Waals surface area contributed by atoms with Crippen molar-refractivity contribution in [2.24, 2.45) is 5.92 Å². The number of methoxy groups -OCH3 is 1. The lowest BCUT2D eigenvalue weighted by atomic mass is 9.97. The molecule has 10 nitrogen and oxygen atoms in total. The van der Waals surface area contributed by atoms with Crippen LogP contribution in [0.2, 0.25) is 0 Å². The van der Waals surface area contributed by atoms with Gasteiger partial charge in [-0.05, 0) is 44.0 Å². The van der Waals surface area contributed by atoms with Crippen LogP contribution in [0.15, 0.2) is 35.5 Å². The average Bonchev–Trinajstić information content (AvgIpc) is 3.14. The van der Waals surface area contributed by atoms with Crippen molar-refractivity contribution in [3.63, 3.8) is 0 Å². The van der Waals surface area contributed by atoms with Crippen LogP contribution in [0.4, 0.5) is 5.69 Å². The summed E-state index contributed by atoms with van der Waals surface area (Å²) in [7, 11) is 1.24. The number of β-amino-alcohol motifs (C(OH)–C–C–N with tert-alkyl or cyclic N) is 1. The number of carbonyl (C=O) groups excluding carboxylic acids is 4. The molecule has 1 fully saturated rings. The van der Waals surface area contributed by atoms with Crippen molar-refractivity contribution in [1.29, 1.82) is 0 Å². The molecule has 178 valence electrons. The molecule has 2 amide bonds. The SMILES string of the molecule is CCOC(=O)C1CCCN(C(=O)c2ccc(NC3=C(C(=O)OC)CN(CCO)C3=O)cc2)C1. The fraction of sp³-hybridized carbons (Fsp3) is 0.478. The summed E-state index contributed by atoms with van der Waals surface area (Å²) >= 11 is 0. The predicted molar refractivity (Wildman–Crippen MR) is 118 cm³/mol. The van der Waals surface area contributed by atoms with E-state index in [0.29, 0.717) is 37.4 Å². The van der Waals surface area contributed by atoms with Crippen molar-refractivity contribution in [1.82, 2.24) is 9.80 Å². The van der Waals surface area contributed by atoms with Gasteiger partial charge in [0, 0.05) is 30.9 Å². The van der Waals surface area contributed by atoms with E-state index in [0.717, 1.165) is 6.42 Å². The molecule has 1 unspecified atom stereocenters. The summed E-state index contributed by atoms with van der Waals surface area (Å²) in [5, 5.41) is 12.1. The van der Waals surface area contributed by atoms with Crippen LogP contribution < -0.4 is 5.32 Å². The summed E-state index contributed by atoms with van der Waals surface area (Å²) in [5.74, 6) is -1.82. The number of aliphatic hydroxyl groups excluding tert-OH is 1. The van der Waals surface area contributed by atoms with Crippen LogP contribution >= 0.6 is 0 Å². The molecule has 1 saturated heterocycles. The van der Waals surface area contributed by atoms with Crippen LogP contribution in [-0.4, -0.2) is 85.2 Å². The molecule has 2 N–H and O–H groups in total. The minimum absolute atomic E-state index is 0.0432. The lowest BCUT2D eigenvalue weighted by molar-refractivity contribution is -0.149. The second-order valence-corrected chi connectivity index (χ2v) is 7.84. The number of aliphatic hydroxyl groups is 1. The van der Waals surface area contributed by atoms with Crippen LogP contribution in [0, 0.1) is 5.92 Å². The van der Waals surface area contributed by atoms with Crippen LogP contribution in [-0.2, 0) is 23.9 Å². The summed E-state index contributed by atoms with van der Waals surface area (Å²) < 4.78 is 9.87. The number of nitrogens with one attached hydrogen (secondary N) is 1. The number of carbonyl (C=O) groups is 4. The molecular formula is C23H29N3O7. The Bertz CT molecular complexity index is 942. The first kappa shape index (κ1) is 24.2. The molecule has 2 aliphatic heterocycles. The number of hydrogen-bond donors (Lipinski definition) is 2. The molecule has 33 heavy (non-hydrogen) atoms. The molecule has 1 aromatic rings. The van der Waals surface area contributed by atoms with Gasteiger partial charge in [-0.3, -0.25) is 14.4 Å². The molecule has 1 aromatic carbocycles. The number of rotatable bonds is 8. The van der Waals surface area contributed by atoms with Crippen LogP contribution in [0.3, 0.4) is 0 Å². The number of hydrogen-bond acceptors (Lipinski definition) is 8. The van der Waals surface area contributed by atoms with Gasteiger partial charge in [0.05, 0.1) is 38.4 Å². The molecule has 0 saturated carbocycles. The Kier molecular flexibility index (Phi) is 8.05. The van der Waals surface area contributed by atoms with Gasteiger partial charge < -0.3 is 29.7 Å². The largest absolute Gasteiger partial charge is 0.466 e. The van der Waals surface area contributed by atoms with Gasteiger partial charge in [-0.2, -0.15) is 0 Å². The topological polar surface area (TPSA) is 125 Å². The Morgan fingerprint density at radius 2 is 1.94 bits per heavy atom. The number of likely N-dealkylation sites (tertiary alicyclic amines) is 1. The van der Waals surface area contributed by atoms with E-state index in [1.807, 2.05) is 0 Å². The summed E-state index contributed by atoms with van der Waals surface area (Å²) in [6.45, 7) is 2.88. The predicted octanol–water partition coefficient (Wildman–Crippen LogP) is 0.775. The average molecular weight is 459 g/mol. The van der Waals surface area contributed by atoms with Gasteiger partial charge in [-0.15, -0.1) is 0 Å². The quantitative estimate of drug-likeness (QED) is 0.546. The normalized spacial score (nSPS) is 18.4. The number of amides is 2. The van der Waals surface area contributed by atoms with Crippen molar-refractivity contribution in [2.45, 2.75) is 19.8 Å². The Labute approximate surface area is 192 Å². The van der Waals surface area contributed by atoms with Crippen molar-refractivity contribution in [3.8, 4) is 0 Å². The van der Waals surface area contributed by atoms with E-state index in [9.17, 15) is 19.2 Å². The second-order valence-electron chi connectivity index (χ2n) is 7.84. The smallest absolute Gasteiger partial charge is 0.337 e. The monoisotopic (exact) mass is 459 g/mol. The molecule has 10 heteroatoms.